The molecule has 0 heterocycles. The summed E-state index contributed by atoms with van der Waals surface area (Å²) < 4.78 is 11.8. The maximum absolute atomic E-state index is 13.7. The second-order valence-electron chi connectivity index (χ2n) is 12.1. The molecule has 0 saturated heterocycles. The van der Waals surface area contributed by atoms with Gasteiger partial charge in [0.15, 0.2) is 5.96 Å². The highest BCUT2D eigenvalue weighted by atomic mass is 31.2. The van der Waals surface area contributed by atoms with E-state index in [2.05, 4.69) is 36.9 Å². The summed E-state index contributed by atoms with van der Waals surface area (Å²) in [6.07, 6.45) is -2.02. The van der Waals surface area contributed by atoms with E-state index in [4.69, 9.17) is 22.3 Å². The third-order valence-corrected chi connectivity index (χ3v) is 8.22. The maximum Gasteiger partial charge on any atom is 0.325 e. The van der Waals surface area contributed by atoms with Crippen LogP contribution in [0.25, 0.3) is 0 Å². The number of guanidine groups is 1. The van der Waals surface area contributed by atoms with Crippen molar-refractivity contribution in [2.24, 2.45) is 22.2 Å². The smallest absolute Gasteiger partial charge is 0.325 e. The lowest BCUT2D eigenvalue weighted by molar-refractivity contribution is -0.138. The molecule has 0 fully saturated rings. The highest BCUT2D eigenvalue weighted by molar-refractivity contribution is 7.51. The van der Waals surface area contributed by atoms with Gasteiger partial charge in [0, 0.05) is 26.3 Å². The second-order valence-corrected chi connectivity index (χ2v) is 13.9. The van der Waals surface area contributed by atoms with Gasteiger partial charge in [-0.2, -0.15) is 0 Å². The first-order chi connectivity index (χ1) is 25.2. The van der Waals surface area contributed by atoms with Crippen LogP contribution < -0.4 is 49.1 Å². The first-order valence-electron chi connectivity index (χ1n) is 16.6. The van der Waals surface area contributed by atoms with Gasteiger partial charge in [-0.3, -0.25) is 47.9 Å². The molecule has 1 aromatic carbocycles. The van der Waals surface area contributed by atoms with Crippen molar-refractivity contribution >= 4 is 60.9 Å². The topological polar surface area (TPSA) is 377 Å². The van der Waals surface area contributed by atoms with Crippen LogP contribution in [0, 0.1) is 0 Å². The van der Waals surface area contributed by atoms with E-state index < -0.39 is 104 Å². The van der Waals surface area contributed by atoms with Gasteiger partial charge in [0.25, 0.3) is 0 Å². The second kappa shape index (κ2) is 23.1. The minimum Gasteiger partial charge on any atom is -0.480 e. The Morgan fingerprint density at radius 2 is 1.28 bits per heavy atom. The Morgan fingerprint density at radius 1 is 0.741 bits per heavy atom. The van der Waals surface area contributed by atoms with Gasteiger partial charge in [-0.15, -0.1) is 0 Å². The summed E-state index contributed by atoms with van der Waals surface area (Å²) in [4.78, 5) is 123. The first-order valence-corrected chi connectivity index (χ1v) is 18.4. The van der Waals surface area contributed by atoms with Crippen molar-refractivity contribution in [2.45, 2.75) is 82.6 Å². The van der Waals surface area contributed by atoms with Crippen molar-refractivity contribution < 1.29 is 57.8 Å². The molecule has 0 spiro atoms. The van der Waals surface area contributed by atoms with Gasteiger partial charge < -0.3 is 64.0 Å². The average Bonchev–Trinajstić information content (AvgIpc) is 3.07. The fraction of sp³-hybridized carbons (Fsp3) is 0.516. The SMILES string of the molecule is CC(=O)N[C@@H](CCC(N)=O)C(=O)N[C@@H](C)C(=O)N[C@@H](CCP(=O)(O)O)C(=O)N[C@@H](Cc1ccccc1)C(=O)N[C@@H](CCCN=C(N)N)C(=O)NCC(=O)O. The first kappa shape index (κ1) is 46.4. The lowest BCUT2D eigenvalue weighted by atomic mass is 10.0. The quantitative estimate of drug-likeness (QED) is 0.0205. The molecular formula is C31H49N10O12P. The van der Waals surface area contributed by atoms with Crippen molar-refractivity contribution in [1.29, 1.82) is 0 Å². The molecule has 7 amide bonds. The van der Waals surface area contributed by atoms with Gasteiger partial charge in [0.05, 0.1) is 6.16 Å². The lowest BCUT2D eigenvalue weighted by Crippen LogP contribution is -2.59. The Balaban J connectivity index is 3.33. The third kappa shape index (κ3) is 19.9. The molecule has 5 atom stereocenters. The van der Waals surface area contributed by atoms with E-state index in [1.54, 1.807) is 30.3 Å². The van der Waals surface area contributed by atoms with E-state index in [0.29, 0.717) is 5.56 Å². The molecule has 22 nitrogen and oxygen atoms in total. The van der Waals surface area contributed by atoms with Crippen LogP contribution >= 0.6 is 7.60 Å². The normalized spacial score (nSPS) is 13.7. The van der Waals surface area contributed by atoms with Crippen molar-refractivity contribution in [2.75, 3.05) is 19.3 Å². The molecule has 15 N–H and O–H groups in total. The van der Waals surface area contributed by atoms with Crippen LogP contribution in [0.3, 0.4) is 0 Å². The molecule has 0 bridgehead atoms. The van der Waals surface area contributed by atoms with Crippen LogP contribution in [0.15, 0.2) is 35.3 Å². The van der Waals surface area contributed by atoms with Crippen LogP contribution in [0.4, 0.5) is 0 Å². The van der Waals surface area contributed by atoms with Gasteiger partial charge in [0.1, 0.15) is 36.8 Å². The summed E-state index contributed by atoms with van der Waals surface area (Å²) in [6, 6.07) is 1.18. The molecule has 0 aromatic heterocycles. The largest absolute Gasteiger partial charge is 0.480 e. The predicted octanol–water partition coefficient (Wildman–Crippen LogP) is -4.22. The van der Waals surface area contributed by atoms with Crippen molar-refractivity contribution in [3.05, 3.63) is 35.9 Å². The number of amides is 7. The monoisotopic (exact) mass is 784 g/mol. The highest BCUT2D eigenvalue weighted by Gasteiger charge is 2.32. The summed E-state index contributed by atoms with van der Waals surface area (Å²) in [5.41, 5.74) is 16.3. The molecule has 300 valence electrons. The van der Waals surface area contributed by atoms with Gasteiger partial charge in [-0.05, 0) is 38.2 Å². The average molecular weight is 785 g/mol. The zero-order valence-corrected chi connectivity index (χ0v) is 30.7. The Morgan fingerprint density at radius 3 is 1.83 bits per heavy atom. The maximum atomic E-state index is 13.7. The number of carbonyl (C=O) groups is 8. The molecule has 0 saturated carbocycles. The number of primary amides is 1. The Kier molecular flexibility index (Phi) is 19.9. The molecule has 54 heavy (non-hydrogen) atoms. The minimum absolute atomic E-state index is 0.0596. The summed E-state index contributed by atoms with van der Waals surface area (Å²) in [5.74, 6) is -7.64. The molecule has 23 heteroatoms. The van der Waals surface area contributed by atoms with Crippen molar-refractivity contribution in [3.8, 4) is 0 Å². The van der Waals surface area contributed by atoms with Crippen LogP contribution in [0.5, 0.6) is 0 Å². The van der Waals surface area contributed by atoms with Crippen LogP contribution in [0.1, 0.15) is 51.5 Å². The fourth-order valence-electron chi connectivity index (χ4n) is 4.71. The number of carboxylic acid groups (broad SMARTS) is 1. The number of carboxylic acids is 1. The third-order valence-electron chi connectivity index (χ3n) is 7.38. The molecular weight excluding hydrogens is 735 g/mol. The van der Waals surface area contributed by atoms with E-state index in [-0.39, 0.29) is 44.6 Å². The Hall–Kier alpha value is -5.60. The van der Waals surface area contributed by atoms with Crippen LogP contribution in [0.2, 0.25) is 0 Å². The summed E-state index contributed by atoms with van der Waals surface area (Å²) in [7, 11) is -4.73. The number of nitrogens with two attached hydrogens (primary N) is 3. The van der Waals surface area contributed by atoms with Gasteiger partial charge in [-0.25, -0.2) is 0 Å². The molecule has 0 aliphatic rings. The van der Waals surface area contributed by atoms with Gasteiger partial charge in [0.2, 0.25) is 41.4 Å². The number of aliphatic imine (C=N–C) groups is 1. The Bertz CT molecular complexity index is 1570. The van der Waals surface area contributed by atoms with E-state index in [1.807, 2.05) is 0 Å². The predicted molar refractivity (Wildman–Crippen MR) is 192 cm³/mol. The molecule has 1 rings (SSSR count). The van der Waals surface area contributed by atoms with E-state index in [0.717, 1.165) is 6.92 Å². The summed E-state index contributed by atoms with van der Waals surface area (Å²) >= 11 is 0. The van der Waals surface area contributed by atoms with Crippen LogP contribution in [-0.4, -0.2) is 118 Å². The van der Waals surface area contributed by atoms with E-state index in [9.17, 15) is 52.7 Å². The van der Waals surface area contributed by atoms with Crippen molar-refractivity contribution in [3.63, 3.8) is 0 Å². The number of hydrogen-bond donors (Lipinski definition) is 12. The standard InChI is InChI=1S/C31H49N10O12P/c1-17(37-28(48)21(38-18(2)42)10-11-24(32)43)26(46)39-22(12-14-54(51,52)53)29(49)41-23(15-19-7-4-3-5-8-19)30(50)40-20(9-6-13-35-31(33)34)27(47)36-16-25(44)45/h3-5,7-8,17,20-23H,6,9-16H2,1-2H3,(H2,32,43)(H,36,47)(H,37,48)(H,38,42)(H,39,46)(H,40,50)(H,41,49)(H,44,45)(H4,33,34,35)(H2,51,52,53)/t17-,20-,21-,22-,23-/m0/s1. The van der Waals surface area contributed by atoms with E-state index in [1.165, 1.54) is 6.92 Å². The van der Waals surface area contributed by atoms with E-state index >= 15 is 0 Å². The number of aliphatic carboxylic acids is 1. The molecule has 0 unspecified atom stereocenters. The number of rotatable bonds is 24. The Labute approximate surface area is 310 Å². The number of carbonyl (C=O) groups excluding carboxylic acids is 7. The summed E-state index contributed by atoms with van der Waals surface area (Å²) in [5, 5.41) is 23.1. The molecule has 0 aliphatic carbocycles. The zero-order chi connectivity index (χ0) is 41.0. The molecule has 0 aliphatic heterocycles. The number of nitrogens with one attached hydrogen (secondary N) is 6. The fourth-order valence-corrected chi connectivity index (χ4v) is 5.30. The highest BCUT2D eigenvalue weighted by Crippen LogP contribution is 2.35. The number of hydrogen-bond acceptors (Lipinski definition) is 10. The molecule has 1 aromatic rings. The van der Waals surface area contributed by atoms with Crippen LogP contribution in [-0.2, 0) is 49.3 Å². The number of benzene rings is 1. The van der Waals surface area contributed by atoms with Crippen molar-refractivity contribution in [1.82, 2.24) is 31.9 Å². The lowest BCUT2D eigenvalue weighted by Gasteiger charge is -2.26. The zero-order valence-electron chi connectivity index (χ0n) is 29.8. The van der Waals surface area contributed by atoms with Gasteiger partial charge in [-0.1, -0.05) is 30.3 Å². The molecule has 0 radical (unpaired) electrons. The number of nitrogens with zero attached hydrogens (tertiary/aromatic N) is 1. The van der Waals surface area contributed by atoms with Gasteiger partial charge >= 0.3 is 13.6 Å². The summed E-state index contributed by atoms with van der Waals surface area (Å²) in [6.45, 7) is 1.65. The minimum atomic E-state index is -4.73.